The molecule has 94 valence electrons. The number of hydrogen-bond acceptors (Lipinski definition) is 1. The molecular formula is C12H15Cl3OSn. The summed E-state index contributed by atoms with van der Waals surface area (Å²) in [4.78, 5) is 0. The van der Waals surface area contributed by atoms with Gasteiger partial charge in [0.05, 0.1) is 0 Å². The van der Waals surface area contributed by atoms with Crippen LogP contribution in [-0.4, -0.2) is 21.1 Å². The molecule has 0 unspecified atom stereocenters. The number of halogens is 3. The van der Waals surface area contributed by atoms with Gasteiger partial charge in [0.2, 0.25) is 0 Å². The maximum atomic E-state index is 6.07. The Bertz CT molecular complexity index is 351. The molecule has 0 heterocycles. The number of hydrogen-bond donors (Lipinski definition) is 0. The van der Waals surface area contributed by atoms with Gasteiger partial charge >= 0.3 is 119 Å². The number of ether oxygens (including phenoxy) is 1. The summed E-state index contributed by atoms with van der Waals surface area (Å²) in [5.41, 5.74) is 1.11. The Morgan fingerprint density at radius 1 is 1.29 bits per heavy atom. The van der Waals surface area contributed by atoms with E-state index in [1.54, 1.807) is 6.08 Å². The monoisotopic (exact) mass is 400 g/mol. The van der Waals surface area contributed by atoms with Crippen LogP contribution < -0.4 is 0 Å². The van der Waals surface area contributed by atoms with Crippen molar-refractivity contribution in [3.8, 4) is 0 Å². The van der Waals surface area contributed by atoms with Gasteiger partial charge < -0.3 is 0 Å². The normalized spacial score (nSPS) is 15.3. The average molecular weight is 400 g/mol. The third-order valence-corrected chi connectivity index (χ3v) is 11.7. The molecule has 1 aromatic carbocycles. The van der Waals surface area contributed by atoms with E-state index in [0.29, 0.717) is 6.61 Å². The van der Waals surface area contributed by atoms with E-state index in [-0.39, 0.29) is 10.0 Å². The topological polar surface area (TPSA) is 9.23 Å². The predicted molar refractivity (Wildman–Crippen MR) is 78.0 cm³/mol. The second kappa shape index (κ2) is 7.24. The first-order chi connectivity index (χ1) is 7.95. The molecule has 0 N–H and O–H groups in total. The summed E-state index contributed by atoms with van der Waals surface area (Å²) in [6.45, 7) is 6.17. The Labute approximate surface area is 118 Å². The average Bonchev–Trinajstić information content (AvgIpc) is 2.27. The van der Waals surface area contributed by atoms with Crippen LogP contribution in [0.3, 0.4) is 0 Å². The van der Waals surface area contributed by atoms with E-state index < -0.39 is 15.0 Å². The Morgan fingerprint density at radius 2 is 1.88 bits per heavy atom. The van der Waals surface area contributed by atoms with Gasteiger partial charge in [0, 0.05) is 0 Å². The minimum atomic E-state index is -3.54. The first-order valence-electron chi connectivity index (χ1n) is 5.30. The fourth-order valence-corrected chi connectivity index (χ4v) is 9.42. The zero-order chi connectivity index (χ0) is 12.9. The van der Waals surface area contributed by atoms with E-state index in [4.69, 9.17) is 31.5 Å². The molecule has 5 heteroatoms. The van der Waals surface area contributed by atoms with Crippen molar-refractivity contribution in [1.29, 1.82) is 0 Å². The van der Waals surface area contributed by atoms with Gasteiger partial charge in [-0.1, -0.05) is 0 Å². The zero-order valence-corrected chi connectivity index (χ0v) is 14.7. The van der Waals surface area contributed by atoms with E-state index in [0.717, 1.165) is 5.56 Å². The van der Waals surface area contributed by atoms with Crippen molar-refractivity contribution in [2.45, 2.75) is 23.6 Å². The summed E-state index contributed by atoms with van der Waals surface area (Å²) in [6, 6.07) is 9.94. The maximum absolute atomic E-state index is 6.07. The molecule has 1 rings (SSSR count). The Kier molecular flexibility index (Phi) is 6.67. The summed E-state index contributed by atoms with van der Waals surface area (Å²) in [5, 5.41) is 0. The Balaban J connectivity index is 2.54. The molecule has 0 aliphatic rings. The number of rotatable bonds is 6. The molecule has 17 heavy (non-hydrogen) atoms. The first-order valence-corrected chi connectivity index (χ1v) is 17.8. The second-order valence-electron chi connectivity index (χ2n) is 3.80. The van der Waals surface area contributed by atoms with E-state index in [9.17, 15) is 0 Å². The number of benzene rings is 1. The van der Waals surface area contributed by atoms with E-state index in [1.807, 2.05) is 37.3 Å². The van der Waals surface area contributed by atoms with E-state index in [1.165, 1.54) is 0 Å². The minimum absolute atomic E-state index is 0.115. The zero-order valence-electron chi connectivity index (χ0n) is 9.58. The first kappa shape index (κ1) is 15.6. The van der Waals surface area contributed by atoms with Crippen LogP contribution in [0.4, 0.5) is 0 Å². The standard InChI is InChI=1S/C12H15O.3ClH.Sn/c1-3-7-11(2)13-10-12-8-5-4-6-9-12;;;;/h3-9,11H,1,10H2,2H3;3*1H;/q;;;;+3/p-3/t11-;;;;/m0..../s1. The van der Waals surface area contributed by atoms with Crippen LogP contribution in [0.15, 0.2) is 43.0 Å². The van der Waals surface area contributed by atoms with E-state index in [2.05, 4.69) is 6.58 Å². The SMILES string of the molecule is C=C[C@@H]([C@H](C)OCc1ccccc1)[Sn]([Cl])([Cl])[Cl]. The van der Waals surface area contributed by atoms with Crippen LogP contribution >= 0.6 is 26.8 Å². The fraction of sp³-hybridized carbons (Fsp3) is 0.333. The molecular weight excluding hydrogens is 385 g/mol. The van der Waals surface area contributed by atoms with Crippen molar-refractivity contribution in [1.82, 2.24) is 0 Å². The van der Waals surface area contributed by atoms with Crippen molar-refractivity contribution in [3.05, 3.63) is 48.6 Å². The fourth-order valence-electron chi connectivity index (χ4n) is 1.50. The van der Waals surface area contributed by atoms with Crippen LogP contribution in [0, 0.1) is 0 Å². The van der Waals surface area contributed by atoms with Crippen molar-refractivity contribution in [2.24, 2.45) is 0 Å². The van der Waals surface area contributed by atoms with Crippen LogP contribution in [-0.2, 0) is 11.3 Å². The molecule has 2 atom stereocenters. The third kappa shape index (κ3) is 5.39. The van der Waals surface area contributed by atoms with Gasteiger partial charge in [-0.2, -0.15) is 0 Å². The molecule has 1 aromatic rings. The summed E-state index contributed by atoms with van der Waals surface area (Å²) in [7, 11) is 18.2. The Hall–Kier alpha value is 0.589. The van der Waals surface area contributed by atoms with Gasteiger partial charge in [-0.25, -0.2) is 0 Å². The van der Waals surface area contributed by atoms with Crippen molar-refractivity contribution in [2.75, 3.05) is 0 Å². The van der Waals surface area contributed by atoms with Gasteiger partial charge in [0.25, 0.3) is 0 Å². The van der Waals surface area contributed by atoms with Crippen LogP contribution in [0.1, 0.15) is 12.5 Å². The molecule has 0 amide bonds. The van der Waals surface area contributed by atoms with Crippen LogP contribution in [0.2, 0.25) is 3.93 Å². The molecule has 0 aliphatic heterocycles. The van der Waals surface area contributed by atoms with Gasteiger partial charge in [0.15, 0.2) is 0 Å². The Morgan fingerprint density at radius 3 is 2.35 bits per heavy atom. The second-order valence-corrected chi connectivity index (χ2v) is 24.7. The summed E-state index contributed by atoms with van der Waals surface area (Å²) >= 11 is -3.54. The molecule has 0 aromatic heterocycles. The van der Waals surface area contributed by atoms with Crippen molar-refractivity contribution in [3.63, 3.8) is 0 Å². The van der Waals surface area contributed by atoms with Crippen LogP contribution in [0.5, 0.6) is 0 Å². The molecule has 0 spiro atoms. The molecule has 0 saturated heterocycles. The van der Waals surface area contributed by atoms with Gasteiger partial charge in [-0.15, -0.1) is 0 Å². The summed E-state index contributed by atoms with van der Waals surface area (Å²) in [6.07, 6.45) is 1.59. The third-order valence-electron chi connectivity index (χ3n) is 2.49. The summed E-state index contributed by atoms with van der Waals surface area (Å²) < 4.78 is 5.61. The van der Waals surface area contributed by atoms with Gasteiger partial charge in [-0.05, 0) is 0 Å². The van der Waals surface area contributed by atoms with Gasteiger partial charge in [-0.3, -0.25) is 0 Å². The predicted octanol–water partition coefficient (Wildman–Crippen LogP) is 4.80. The van der Waals surface area contributed by atoms with Gasteiger partial charge in [0.1, 0.15) is 0 Å². The molecule has 0 bridgehead atoms. The quantitative estimate of drug-likeness (QED) is 0.492. The molecule has 0 radical (unpaired) electrons. The molecule has 1 nitrogen and oxygen atoms in total. The van der Waals surface area contributed by atoms with Crippen LogP contribution in [0.25, 0.3) is 0 Å². The molecule has 0 aliphatic carbocycles. The molecule has 0 fully saturated rings. The van der Waals surface area contributed by atoms with Crippen molar-refractivity contribution < 1.29 is 4.74 Å². The van der Waals surface area contributed by atoms with E-state index >= 15 is 0 Å². The summed E-state index contributed by atoms with van der Waals surface area (Å²) in [5.74, 6) is 0. The van der Waals surface area contributed by atoms with Crippen molar-refractivity contribution >= 4 is 41.8 Å². The molecule has 0 saturated carbocycles.